The van der Waals surface area contributed by atoms with Gasteiger partial charge in [-0.2, -0.15) is 0 Å². The van der Waals surface area contributed by atoms with Crippen molar-refractivity contribution < 1.29 is 24.3 Å². The predicted molar refractivity (Wildman–Crippen MR) is 72.1 cm³/mol. The monoisotopic (exact) mass is 290 g/mol. The summed E-state index contributed by atoms with van der Waals surface area (Å²) in [4.78, 5) is 49.5. The van der Waals surface area contributed by atoms with Gasteiger partial charge >= 0.3 is 5.97 Å². The van der Waals surface area contributed by atoms with E-state index in [9.17, 15) is 19.2 Å². The van der Waals surface area contributed by atoms with Crippen molar-refractivity contribution in [2.75, 3.05) is 14.1 Å². The normalized spacial score (nSPS) is 14.9. The molecule has 0 spiro atoms. The third kappa shape index (κ3) is 2.26. The number of carboxylic acid groups (broad SMARTS) is 1. The van der Waals surface area contributed by atoms with Crippen LogP contribution in [0, 0.1) is 0 Å². The molecule has 1 aromatic carbocycles. The van der Waals surface area contributed by atoms with E-state index in [2.05, 4.69) is 0 Å². The maximum absolute atomic E-state index is 12.3. The fourth-order valence-electron chi connectivity index (χ4n) is 2.23. The first-order chi connectivity index (χ1) is 9.75. The van der Waals surface area contributed by atoms with Gasteiger partial charge in [0.05, 0.1) is 16.7 Å². The molecule has 1 N–H and O–H groups in total. The van der Waals surface area contributed by atoms with E-state index in [1.54, 1.807) is 0 Å². The minimum atomic E-state index is -1.19. The van der Waals surface area contributed by atoms with Crippen LogP contribution in [0.4, 0.5) is 0 Å². The molecule has 110 valence electrons. The zero-order chi connectivity index (χ0) is 15.9. The first-order valence-electron chi connectivity index (χ1n) is 6.22. The van der Waals surface area contributed by atoms with Crippen LogP contribution in [0.15, 0.2) is 18.2 Å². The van der Waals surface area contributed by atoms with E-state index in [4.69, 9.17) is 5.11 Å². The number of fused-ring (bicyclic) bond motifs is 1. The van der Waals surface area contributed by atoms with Crippen molar-refractivity contribution in [3.8, 4) is 0 Å². The average molecular weight is 290 g/mol. The molecule has 3 amide bonds. The molecule has 0 saturated carbocycles. The van der Waals surface area contributed by atoms with Crippen LogP contribution in [0.5, 0.6) is 0 Å². The number of aromatic carboxylic acids is 1. The van der Waals surface area contributed by atoms with Gasteiger partial charge in [0.25, 0.3) is 11.8 Å². The second-order valence-corrected chi connectivity index (χ2v) is 4.95. The Morgan fingerprint density at radius 2 is 1.71 bits per heavy atom. The van der Waals surface area contributed by atoms with Gasteiger partial charge in [-0.3, -0.25) is 19.3 Å². The summed E-state index contributed by atoms with van der Waals surface area (Å²) in [5.74, 6) is -2.81. The van der Waals surface area contributed by atoms with E-state index in [1.165, 1.54) is 38.1 Å². The van der Waals surface area contributed by atoms with Crippen LogP contribution in [0.1, 0.15) is 38.0 Å². The molecular formula is C14H14N2O5. The third-order valence-corrected chi connectivity index (χ3v) is 3.35. The largest absolute Gasteiger partial charge is 0.478 e. The molecule has 1 heterocycles. The number of nitrogens with zero attached hydrogens (tertiary/aromatic N) is 2. The zero-order valence-electron chi connectivity index (χ0n) is 11.8. The number of carboxylic acids is 1. The lowest BCUT2D eigenvalue weighted by Gasteiger charge is -2.24. The van der Waals surface area contributed by atoms with Gasteiger partial charge in [0.15, 0.2) is 0 Å². The quantitative estimate of drug-likeness (QED) is 0.816. The molecule has 1 atom stereocenters. The third-order valence-electron chi connectivity index (χ3n) is 3.35. The summed E-state index contributed by atoms with van der Waals surface area (Å²) in [5.41, 5.74) is 0.0463. The van der Waals surface area contributed by atoms with E-state index < -0.39 is 23.8 Å². The molecule has 0 bridgehead atoms. The van der Waals surface area contributed by atoms with Crippen molar-refractivity contribution in [2.45, 2.75) is 13.0 Å². The maximum atomic E-state index is 12.3. The number of benzene rings is 1. The van der Waals surface area contributed by atoms with E-state index in [0.29, 0.717) is 0 Å². The topological polar surface area (TPSA) is 95.0 Å². The molecule has 1 unspecified atom stereocenters. The molecular weight excluding hydrogens is 276 g/mol. The van der Waals surface area contributed by atoms with Gasteiger partial charge in [0.1, 0.15) is 6.04 Å². The van der Waals surface area contributed by atoms with Crippen molar-refractivity contribution >= 4 is 23.7 Å². The summed E-state index contributed by atoms with van der Waals surface area (Å²) in [6.45, 7) is 1.46. The minimum Gasteiger partial charge on any atom is -0.478 e. The lowest BCUT2D eigenvalue weighted by molar-refractivity contribution is -0.132. The fourth-order valence-corrected chi connectivity index (χ4v) is 2.23. The highest BCUT2D eigenvalue weighted by molar-refractivity contribution is 6.23. The second-order valence-electron chi connectivity index (χ2n) is 4.95. The summed E-state index contributed by atoms with van der Waals surface area (Å²) in [5, 5.41) is 8.93. The van der Waals surface area contributed by atoms with Gasteiger partial charge < -0.3 is 10.0 Å². The van der Waals surface area contributed by atoms with Crippen LogP contribution < -0.4 is 0 Å². The molecule has 0 radical (unpaired) electrons. The van der Waals surface area contributed by atoms with E-state index >= 15 is 0 Å². The first kappa shape index (κ1) is 14.7. The van der Waals surface area contributed by atoms with Gasteiger partial charge in [-0.1, -0.05) is 0 Å². The number of carbonyl (C=O) groups is 4. The number of likely N-dealkylation sites (N-methyl/N-ethyl adjacent to an activating group) is 1. The Morgan fingerprint density at radius 1 is 1.14 bits per heavy atom. The Morgan fingerprint density at radius 3 is 2.24 bits per heavy atom. The number of rotatable bonds is 3. The highest BCUT2D eigenvalue weighted by atomic mass is 16.4. The number of carbonyl (C=O) groups excluding carboxylic acids is 3. The van der Waals surface area contributed by atoms with E-state index in [-0.39, 0.29) is 22.6 Å². The predicted octanol–water partition coefficient (Wildman–Crippen LogP) is 0.457. The smallest absolute Gasteiger partial charge is 0.335 e. The first-order valence-corrected chi connectivity index (χ1v) is 6.22. The summed E-state index contributed by atoms with van der Waals surface area (Å²) < 4.78 is 0. The second kappa shape index (κ2) is 5.01. The van der Waals surface area contributed by atoms with Crippen molar-refractivity contribution in [2.24, 2.45) is 0 Å². The van der Waals surface area contributed by atoms with Gasteiger partial charge in [0, 0.05) is 14.1 Å². The Bertz CT molecular complexity index is 665. The van der Waals surface area contributed by atoms with Crippen LogP contribution in [-0.4, -0.2) is 58.7 Å². The van der Waals surface area contributed by atoms with Crippen molar-refractivity contribution in [3.63, 3.8) is 0 Å². The molecule has 0 fully saturated rings. The van der Waals surface area contributed by atoms with Crippen LogP contribution in [-0.2, 0) is 4.79 Å². The molecule has 7 heteroatoms. The highest BCUT2D eigenvalue weighted by Crippen LogP contribution is 2.26. The number of amides is 3. The molecule has 1 aliphatic rings. The molecule has 0 aromatic heterocycles. The summed E-state index contributed by atoms with van der Waals surface area (Å²) in [6.07, 6.45) is 0. The van der Waals surface area contributed by atoms with Gasteiger partial charge in [-0.15, -0.1) is 0 Å². The molecule has 1 aliphatic heterocycles. The molecule has 2 rings (SSSR count). The standard InChI is InChI=1S/C14H14N2O5/c1-7(11(17)15(2)3)16-12(18)9-5-4-8(14(20)21)6-10(9)13(16)19/h4-7H,1-3H3,(H,20,21). The Balaban J connectivity index is 2.43. The molecule has 1 aromatic rings. The van der Waals surface area contributed by atoms with Gasteiger partial charge in [0.2, 0.25) is 5.91 Å². The zero-order valence-corrected chi connectivity index (χ0v) is 11.8. The SMILES string of the molecule is CC(C(=O)N(C)C)N1C(=O)c2ccc(C(=O)O)cc2C1=O. The number of hydrogen-bond donors (Lipinski definition) is 1. The van der Waals surface area contributed by atoms with Crippen LogP contribution in [0.2, 0.25) is 0 Å². The lowest BCUT2D eigenvalue weighted by atomic mass is 10.1. The summed E-state index contributed by atoms with van der Waals surface area (Å²) in [6, 6.07) is 2.77. The molecule has 21 heavy (non-hydrogen) atoms. The number of imide groups is 1. The highest BCUT2D eigenvalue weighted by Gasteiger charge is 2.41. The Labute approximate surface area is 120 Å². The Hall–Kier alpha value is -2.70. The average Bonchev–Trinajstić information content (AvgIpc) is 2.68. The lowest BCUT2D eigenvalue weighted by Crippen LogP contribution is -2.47. The van der Waals surface area contributed by atoms with Crippen molar-refractivity contribution in [1.29, 1.82) is 0 Å². The van der Waals surface area contributed by atoms with Crippen LogP contribution in [0.25, 0.3) is 0 Å². The van der Waals surface area contributed by atoms with Crippen LogP contribution in [0.3, 0.4) is 0 Å². The fraction of sp³-hybridized carbons (Fsp3) is 0.286. The number of hydrogen-bond acceptors (Lipinski definition) is 4. The van der Waals surface area contributed by atoms with Crippen molar-refractivity contribution in [1.82, 2.24) is 9.80 Å². The van der Waals surface area contributed by atoms with Crippen LogP contribution >= 0.6 is 0 Å². The summed E-state index contributed by atoms with van der Waals surface area (Å²) in [7, 11) is 3.05. The Kier molecular flexibility index (Phi) is 3.51. The minimum absolute atomic E-state index is 0.0123. The van der Waals surface area contributed by atoms with Gasteiger partial charge in [-0.25, -0.2) is 4.79 Å². The van der Waals surface area contributed by atoms with E-state index in [0.717, 1.165) is 11.0 Å². The molecule has 0 saturated heterocycles. The van der Waals surface area contributed by atoms with E-state index in [1.807, 2.05) is 0 Å². The maximum Gasteiger partial charge on any atom is 0.335 e. The van der Waals surface area contributed by atoms with Gasteiger partial charge in [-0.05, 0) is 25.1 Å². The molecule has 0 aliphatic carbocycles. The summed E-state index contributed by atoms with van der Waals surface area (Å²) >= 11 is 0. The van der Waals surface area contributed by atoms with Crippen molar-refractivity contribution in [3.05, 3.63) is 34.9 Å². The molecule has 7 nitrogen and oxygen atoms in total.